The van der Waals surface area contributed by atoms with Crippen molar-refractivity contribution >= 4 is 23.4 Å². The second kappa shape index (κ2) is 6.85. The lowest BCUT2D eigenvalue weighted by atomic mass is 9.97. The monoisotopic (exact) mass is 317 g/mol. The summed E-state index contributed by atoms with van der Waals surface area (Å²) in [7, 11) is 0. The number of nitrogen functional groups attached to an aromatic ring is 1. The van der Waals surface area contributed by atoms with Gasteiger partial charge < -0.3 is 20.9 Å². The molecule has 23 heavy (non-hydrogen) atoms. The van der Waals surface area contributed by atoms with E-state index in [-0.39, 0.29) is 17.9 Å². The van der Waals surface area contributed by atoms with Crippen LogP contribution in [0.4, 0.5) is 16.3 Å². The third kappa shape index (κ3) is 3.72. The van der Waals surface area contributed by atoms with Crippen LogP contribution in [0.2, 0.25) is 0 Å². The Bertz CT molecular complexity index is 568. The van der Waals surface area contributed by atoms with Gasteiger partial charge in [0.2, 0.25) is 5.91 Å². The molecule has 0 spiro atoms. The number of amides is 3. The minimum Gasteiger partial charge on any atom is -0.384 e. The van der Waals surface area contributed by atoms with Crippen LogP contribution in [0.15, 0.2) is 18.3 Å². The molecule has 3 amide bonds. The zero-order valence-electron chi connectivity index (χ0n) is 13.2. The van der Waals surface area contributed by atoms with Gasteiger partial charge in [0.05, 0.1) is 17.8 Å². The van der Waals surface area contributed by atoms with Gasteiger partial charge in [-0.1, -0.05) is 0 Å². The number of nitrogens with zero attached hydrogens (tertiary/aromatic N) is 3. The Morgan fingerprint density at radius 3 is 2.57 bits per heavy atom. The maximum Gasteiger partial charge on any atom is 0.320 e. The molecule has 2 saturated heterocycles. The molecule has 1 atom stereocenters. The maximum absolute atomic E-state index is 12.5. The molecule has 124 valence electrons. The second-order valence-corrected chi connectivity index (χ2v) is 6.22. The Kier molecular flexibility index (Phi) is 4.64. The number of urea groups is 1. The molecule has 0 aromatic carbocycles. The quantitative estimate of drug-likeness (QED) is 0.865. The van der Waals surface area contributed by atoms with Crippen LogP contribution >= 0.6 is 0 Å². The summed E-state index contributed by atoms with van der Waals surface area (Å²) in [5.41, 5.74) is 6.17. The number of carbonyl (C=O) groups excluding carboxylic acids is 2. The van der Waals surface area contributed by atoms with E-state index in [0.29, 0.717) is 18.1 Å². The van der Waals surface area contributed by atoms with Gasteiger partial charge in [-0.2, -0.15) is 0 Å². The van der Waals surface area contributed by atoms with Crippen molar-refractivity contribution in [1.29, 1.82) is 0 Å². The summed E-state index contributed by atoms with van der Waals surface area (Å²) in [6, 6.07) is 3.46. The van der Waals surface area contributed by atoms with Gasteiger partial charge in [0.15, 0.2) is 0 Å². The minimum absolute atomic E-state index is 0.0597. The van der Waals surface area contributed by atoms with E-state index < -0.39 is 0 Å². The van der Waals surface area contributed by atoms with Crippen molar-refractivity contribution < 1.29 is 9.59 Å². The van der Waals surface area contributed by atoms with Gasteiger partial charge >= 0.3 is 6.03 Å². The van der Waals surface area contributed by atoms with E-state index in [4.69, 9.17) is 5.73 Å². The average Bonchev–Trinajstić information content (AvgIpc) is 3.11. The average molecular weight is 317 g/mol. The number of hydrogen-bond acceptors (Lipinski definition) is 4. The van der Waals surface area contributed by atoms with Crippen molar-refractivity contribution in [2.45, 2.75) is 25.7 Å². The normalized spacial score (nSPS) is 21.3. The number of pyridine rings is 1. The predicted molar refractivity (Wildman–Crippen MR) is 87.8 cm³/mol. The van der Waals surface area contributed by atoms with E-state index in [1.807, 2.05) is 9.80 Å². The number of carbonyl (C=O) groups is 2. The number of likely N-dealkylation sites (tertiary alicyclic amines) is 2. The first-order valence-corrected chi connectivity index (χ1v) is 8.20. The van der Waals surface area contributed by atoms with Gasteiger partial charge in [-0.05, 0) is 37.8 Å². The molecule has 3 rings (SSSR count). The molecule has 1 aromatic heterocycles. The first-order valence-electron chi connectivity index (χ1n) is 8.20. The summed E-state index contributed by atoms with van der Waals surface area (Å²) >= 11 is 0. The Balaban J connectivity index is 1.57. The summed E-state index contributed by atoms with van der Waals surface area (Å²) < 4.78 is 0. The van der Waals surface area contributed by atoms with E-state index in [9.17, 15) is 9.59 Å². The highest BCUT2D eigenvalue weighted by molar-refractivity contribution is 5.93. The lowest BCUT2D eigenvalue weighted by Crippen LogP contribution is -2.48. The maximum atomic E-state index is 12.5. The van der Waals surface area contributed by atoms with Gasteiger partial charge in [0.25, 0.3) is 0 Å². The van der Waals surface area contributed by atoms with E-state index in [1.54, 1.807) is 18.3 Å². The molecule has 0 aliphatic carbocycles. The fourth-order valence-electron chi connectivity index (χ4n) is 3.20. The number of rotatable bonds is 2. The van der Waals surface area contributed by atoms with Crippen LogP contribution in [0.1, 0.15) is 25.7 Å². The molecule has 2 aliphatic heterocycles. The van der Waals surface area contributed by atoms with Crippen molar-refractivity contribution in [3.05, 3.63) is 18.3 Å². The van der Waals surface area contributed by atoms with Crippen LogP contribution in [-0.4, -0.2) is 52.9 Å². The van der Waals surface area contributed by atoms with E-state index in [2.05, 4.69) is 10.3 Å². The Morgan fingerprint density at radius 1 is 1.13 bits per heavy atom. The summed E-state index contributed by atoms with van der Waals surface area (Å²) in [5.74, 6) is 0.186. The van der Waals surface area contributed by atoms with E-state index >= 15 is 0 Å². The number of anilines is 2. The lowest BCUT2D eigenvalue weighted by Gasteiger charge is -2.34. The number of piperidine rings is 1. The second-order valence-electron chi connectivity index (χ2n) is 6.22. The molecule has 0 radical (unpaired) electrons. The van der Waals surface area contributed by atoms with Crippen LogP contribution in [-0.2, 0) is 4.79 Å². The molecule has 3 heterocycles. The molecular weight excluding hydrogens is 294 g/mol. The third-order valence-electron chi connectivity index (χ3n) is 4.49. The van der Waals surface area contributed by atoms with E-state index in [1.165, 1.54) is 0 Å². The molecule has 3 N–H and O–H groups in total. The lowest BCUT2D eigenvalue weighted by molar-refractivity contribution is -0.121. The molecule has 7 nitrogen and oxygen atoms in total. The molecule has 0 saturated carbocycles. The predicted octanol–water partition coefficient (Wildman–Crippen LogP) is 1.53. The summed E-state index contributed by atoms with van der Waals surface area (Å²) in [4.78, 5) is 32.6. The molecule has 1 unspecified atom stereocenters. The topological polar surface area (TPSA) is 91.6 Å². The molecule has 2 fully saturated rings. The zero-order chi connectivity index (χ0) is 16.2. The Labute approximate surface area is 135 Å². The van der Waals surface area contributed by atoms with Crippen molar-refractivity contribution in [2.24, 2.45) is 5.92 Å². The first kappa shape index (κ1) is 15.6. The highest BCUT2D eigenvalue weighted by Gasteiger charge is 2.31. The SMILES string of the molecule is Nc1ccc(NC(=O)C2CCCN(C(=O)N3CCCC3)C2)cn1. The van der Waals surface area contributed by atoms with Crippen LogP contribution in [0.25, 0.3) is 0 Å². The first-order chi connectivity index (χ1) is 11.1. The van der Waals surface area contributed by atoms with Crippen LogP contribution in [0, 0.1) is 5.92 Å². The van der Waals surface area contributed by atoms with Crippen LogP contribution in [0.3, 0.4) is 0 Å². The van der Waals surface area contributed by atoms with Gasteiger partial charge in [-0.3, -0.25) is 4.79 Å². The number of aromatic nitrogens is 1. The largest absolute Gasteiger partial charge is 0.384 e. The Morgan fingerprint density at radius 2 is 1.87 bits per heavy atom. The molecule has 1 aromatic rings. The van der Waals surface area contributed by atoms with Crippen molar-refractivity contribution in [3.63, 3.8) is 0 Å². The summed E-state index contributed by atoms with van der Waals surface area (Å²) in [5, 5.41) is 2.86. The highest BCUT2D eigenvalue weighted by atomic mass is 16.2. The highest BCUT2D eigenvalue weighted by Crippen LogP contribution is 2.21. The fourth-order valence-corrected chi connectivity index (χ4v) is 3.20. The smallest absolute Gasteiger partial charge is 0.320 e. The van der Waals surface area contributed by atoms with Crippen molar-refractivity contribution in [2.75, 3.05) is 37.2 Å². The van der Waals surface area contributed by atoms with Gasteiger partial charge in [-0.15, -0.1) is 0 Å². The van der Waals surface area contributed by atoms with Gasteiger partial charge in [-0.25, -0.2) is 9.78 Å². The zero-order valence-corrected chi connectivity index (χ0v) is 13.2. The standard InChI is InChI=1S/C16H23N5O2/c17-14-6-5-13(10-18-14)19-15(22)12-4-3-9-21(11-12)16(23)20-7-1-2-8-20/h5-6,10,12H,1-4,7-9,11H2,(H2,17,18)(H,19,22). The molecule has 0 bridgehead atoms. The molecular formula is C16H23N5O2. The summed E-state index contributed by atoms with van der Waals surface area (Å²) in [6.07, 6.45) is 5.36. The van der Waals surface area contributed by atoms with Crippen LogP contribution < -0.4 is 11.1 Å². The van der Waals surface area contributed by atoms with Gasteiger partial charge in [0, 0.05) is 26.2 Å². The van der Waals surface area contributed by atoms with E-state index in [0.717, 1.165) is 45.3 Å². The number of nitrogens with one attached hydrogen (secondary N) is 1. The van der Waals surface area contributed by atoms with Gasteiger partial charge in [0.1, 0.15) is 5.82 Å². The fraction of sp³-hybridized carbons (Fsp3) is 0.562. The number of hydrogen-bond donors (Lipinski definition) is 2. The van der Waals surface area contributed by atoms with Crippen molar-refractivity contribution in [3.8, 4) is 0 Å². The third-order valence-corrected chi connectivity index (χ3v) is 4.49. The Hall–Kier alpha value is -2.31. The molecule has 2 aliphatic rings. The molecule has 7 heteroatoms. The van der Waals surface area contributed by atoms with Crippen molar-refractivity contribution in [1.82, 2.24) is 14.8 Å². The van der Waals surface area contributed by atoms with Crippen LogP contribution in [0.5, 0.6) is 0 Å². The minimum atomic E-state index is -0.173. The number of nitrogens with two attached hydrogens (primary N) is 1. The summed E-state index contributed by atoms with van der Waals surface area (Å²) in [6.45, 7) is 2.90.